The van der Waals surface area contributed by atoms with Crippen LogP contribution in [-0.4, -0.2) is 25.7 Å². The summed E-state index contributed by atoms with van der Waals surface area (Å²) in [5, 5.41) is 8.80. The molecule has 0 aliphatic heterocycles. The quantitative estimate of drug-likeness (QED) is 0.839. The first-order valence-electron chi connectivity index (χ1n) is 7.56. The predicted octanol–water partition coefficient (Wildman–Crippen LogP) is 3.36. The van der Waals surface area contributed by atoms with E-state index in [1.54, 1.807) is 6.07 Å². The van der Waals surface area contributed by atoms with Crippen molar-refractivity contribution in [1.29, 1.82) is 0 Å². The smallest absolute Gasteiger partial charge is 0.303 e. The van der Waals surface area contributed by atoms with Gasteiger partial charge < -0.3 is 5.11 Å². The summed E-state index contributed by atoms with van der Waals surface area (Å²) in [6.07, 6.45) is 1.72. The Labute approximate surface area is 142 Å². The fourth-order valence-electron chi connectivity index (χ4n) is 2.60. The van der Waals surface area contributed by atoms with Crippen LogP contribution in [0, 0.1) is 13.8 Å². The number of carboxylic acids is 1. The highest BCUT2D eigenvalue weighted by molar-refractivity contribution is 7.92. The van der Waals surface area contributed by atoms with E-state index in [0.29, 0.717) is 12.1 Å². The molecule has 5 nitrogen and oxygen atoms in total. The second kappa shape index (κ2) is 7.05. The molecule has 2 N–H and O–H groups in total. The number of sulfonamides is 1. The van der Waals surface area contributed by atoms with Crippen LogP contribution in [0.25, 0.3) is 11.1 Å². The lowest BCUT2D eigenvalue weighted by Gasteiger charge is -2.12. The molecule has 128 valence electrons. The van der Waals surface area contributed by atoms with E-state index >= 15 is 0 Å². The van der Waals surface area contributed by atoms with Crippen LogP contribution in [0.15, 0.2) is 36.4 Å². The normalized spacial score (nSPS) is 11.3. The maximum Gasteiger partial charge on any atom is 0.303 e. The van der Waals surface area contributed by atoms with Crippen molar-refractivity contribution in [2.75, 3.05) is 11.0 Å². The molecule has 0 bridgehead atoms. The van der Waals surface area contributed by atoms with E-state index < -0.39 is 16.0 Å². The second-order valence-electron chi connectivity index (χ2n) is 5.94. The van der Waals surface area contributed by atoms with Crippen LogP contribution in [0.3, 0.4) is 0 Å². The second-order valence-corrected chi connectivity index (χ2v) is 7.69. The van der Waals surface area contributed by atoms with E-state index in [-0.39, 0.29) is 6.42 Å². The number of nitrogens with one attached hydrogen (secondary N) is 1. The number of rotatable bonds is 6. The van der Waals surface area contributed by atoms with Crippen LogP contribution < -0.4 is 4.72 Å². The Morgan fingerprint density at radius 1 is 1.08 bits per heavy atom. The Hall–Kier alpha value is -2.34. The molecular weight excluding hydrogens is 326 g/mol. The van der Waals surface area contributed by atoms with Gasteiger partial charge in [0.2, 0.25) is 10.0 Å². The zero-order chi connectivity index (χ0) is 17.9. The van der Waals surface area contributed by atoms with Gasteiger partial charge in [-0.05, 0) is 60.2 Å². The molecule has 0 fully saturated rings. The van der Waals surface area contributed by atoms with Crippen LogP contribution in [-0.2, 0) is 21.2 Å². The number of aliphatic carboxylic acids is 1. The first kappa shape index (κ1) is 18.0. The average Bonchev–Trinajstić information content (AvgIpc) is 2.46. The molecule has 0 aliphatic carbocycles. The molecule has 24 heavy (non-hydrogen) atoms. The third kappa shape index (κ3) is 4.83. The van der Waals surface area contributed by atoms with Gasteiger partial charge in [0, 0.05) is 12.1 Å². The fourth-order valence-corrected chi connectivity index (χ4v) is 3.15. The molecule has 0 radical (unpaired) electrons. The molecule has 0 saturated carbocycles. The topological polar surface area (TPSA) is 83.5 Å². The van der Waals surface area contributed by atoms with E-state index in [1.807, 2.05) is 44.2 Å². The molecule has 0 amide bonds. The zero-order valence-corrected chi connectivity index (χ0v) is 14.8. The van der Waals surface area contributed by atoms with Crippen molar-refractivity contribution in [2.24, 2.45) is 0 Å². The van der Waals surface area contributed by atoms with Crippen LogP contribution in [0.2, 0.25) is 0 Å². The highest BCUT2D eigenvalue weighted by atomic mass is 32.2. The third-order valence-corrected chi connectivity index (χ3v) is 4.41. The molecule has 2 aromatic rings. The van der Waals surface area contributed by atoms with Gasteiger partial charge in [-0.15, -0.1) is 0 Å². The minimum Gasteiger partial charge on any atom is -0.481 e. The minimum atomic E-state index is -3.32. The lowest BCUT2D eigenvalue weighted by atomic mass is 9.95. The summed E-state index contributed by atoms with van der Waals surface area (Å²) in [5.41, 5.74) is 5.49. The lowest BCUT2D eigenvalue weighted by molar-refractivity contribution is -0.136. The van der Waals surface area contributed by atoms with Gasteiger partial charge in [-0.25, -0.2) is 8.42 Å². The van der Waals surface area contributed by atoms with Gasteiger partial charge in [-0.3, -0.25) is 9.52 Å². The highest BCUT2D eigenvalue weighted by Gasteiger charge is 2.09. The largest absolute Gasteiger partial charge is 0.481 e. The highest BCUT2D eigenvalue weighted by Crippen LogP contribution is 2.29. The van der Waals surface area contributed by atoms with Crippen molar-refractivity contribution in [1.82, 2.24) is 0 Å². The Morgan fingerprint density at radius 3 is 2.38 bits per heavy atom. The number of hydrogen-bond donors (Lipinski definition) is 2. The summed E-state index contributed by atoms with van der Waals surface area (Å²) >= 11 is 0. The SMILES string of the molecule is Cc1cc(-c2cc(NS(C)(=O)=O)ccc2C)ccc1CCC(=O)O. The van der Waals surface area contributed by atoms with Gasteiger partial charge in [0.1, 0.15) is 0 Å². The van der Waals surface area contributed by atoms with Crippen LogP contribution >= 0.6 is 0 Å². The summed E-state index contributed by atoms with van der Waals surface area (Å²) < 4.78 is 25.3. The van der Waals surface area contributed by atoms with Gasteiger partial charge in [-0.1, -0.05) is 24.3 Å². The van der Waals surface area contributed by atoms with Gasteiger partial charge in [0.05, 0.1) is 6.26 Å². The van der Waals surface area contributed by atoms with E-state index in [1.165, 1.54) is 0 Å². The molecule has 2 aromatic carbocycles. The van der Waals surface area contributed by atoms with E-state index in [0.717, 1.165) is 34.1 Å². The van der Waals surface area contributed by atoms with E-state index in [9.17, 15) is 13.2 Å². The minimum absolute atomic E-state index is 0.104. The summed E-state index contributed by atoms with van der Waals surface area (Å²) in [5.74, 6) is -0.811. The molecule has 0 spiro atoms. The molecular formula is C18H21NO4S. The van der Waals surface area contributed by atoms with Crippen LogP contribution in [0.1, 0.15) is 23.1 Å². The Morgan fingerprint density at radius 2 is 1.79 bits per heavy atom. The van der Waals surface area contributed by atoms with Crippen molar-refractivity contribution in [3.05, 3.63) is 53.1 Å². The third-order valence-electron chi connectivity index (χ3n) is 3.80. The van der Waals surface area contributed by atoms with E-state index in [4.69, 9.17) is 5.11 Å². The number of anilines is 1. The molecule has 0 unspecified atom stereocenters. The number of carbonyl (C=O) groups is 1. The monoisotopic (exact) mass is 347 g/mol. The maximum atomic E-state index is 11.4. The van der Waals surface area contributed by atoms with E-state index in [2.05, 4.69) is 4.72 Å². The Bertz CT molecular complexity index is 873. The lowest BCUT2D eigenvalue weighted by Crippen LogP contribution is -2.09. The molecule has 0 atom stereocenters. The van der Waals surface area contributed by atoms with Crippen molar-refractivity contribution in [2.45, 2.75) is 26.7 Å². The van der Waals surface area contributed by atoms with Crippen LogP contribution in [0.5, 0.6) is 0 Å². The summed E-state index contributed by atoms with van der Waals surface area (Å²) in [6, 6.07) is 11.3. The van der Waals surface area contributed by atoms with Gasteiger partial charge >= 0.3 is 5.97 Å². The first-order chi connectivity index (χ1) is 11.2. The summed E-state index contributed by atoms with van der Waals surface area (Å²) in [6.45, 7) is 3.92. The summed E-state index contributed by atoms with van der Waals surface area (Å²) in [7, 11) is -3.32. The van der Waals surface area contributed by atoms with Crippen molar-refractivity contribution >= 4 is 21.7 Å². The number of hydrogen-bond acceptors (Lipinski definition) is 3. The van der Waals surface area contributed by atoms with Crippen LogP contribution in [0.4, 0.5) is 5.69 Å². The average molecular weight is 347 g/mol. The predicted molar refractivity (Wildman–Crippen MR) is 95.8 cm³/mol. The number of carboxylic acid groups (broad SMARTS) is 1. The van der Waals surface area contributed by atoms with Crippen molar-refractivity contribution < 1.29 is 18.3 Å². The zero-order valence-electron chi connectivity index (χ0n) is 14.0. The number of aryl methyl sites for hydroxylation is 3. The molecule has 6 heteroatoms. The summed E-state index contributed by atoms with van der Waals surface area (Å²) in [4.78, 5) is 10.7. The van der Waals surface area contributed by atoms with Crippen molar-refractivity contribution in [3.8, 4) is 11.1 Å². The molecule has 0 saturated heterocycles. The molecule has 0 heterocycles. The first-order valence-corrected chi connectivity index (χ1v) is 9.45. The molecule has 2 rings (SSSR count). The molecule has 0 aromatic heterocycles. The number of benzene rings is 2. The van der Waals surface area contributed by atoms with Crippen molar-refractivity contribution in [3.63, 3.8) is 0 Å². The Kier molecular flexibility index (Phi) is 5.29. The van der Waals surface area contributed by atoms with Gasteiger partial charge in [0.25, 0.3) is 0 Å². The van der Waals surface area contributed by atoms with Gasteiger partial charge in [0.15, 0.2) is 0 Å². The fraction of sp³-hybridized carbons (Fsp3) is 0.278. The van der Waals surface area contributed by atoms with Gasteiger partial charge in [-0.2, -0.15) is 0 Å². The Balaban J connectivity index is 2.35. The standard InChI is InChI=1S/C18H21NO4S/c1-12-4-8-16(19-24(3,22)23)11-17(12)15-6-5-14(13(2)10-15)7-9-18(20)21/h4-6,8,10-11,19H,7,9H2,1-3H3,(H,20,21). The maximum absolute atomic E-state index is 11.4. The molecule has 0 aliphatic rings.